The van der Waals surface area contributed by atoms with Crippen LogP contribution >= 0.6 is 27.5 Å². The van der Waals surface area contributed by atoms with E-state index in [1.165, 1.54) is 0 Å². The molecule has 1 aliphatic rings. The minimum Gasteiger partial charge on any atom is -0.466 e. The Morgan fingerprint density at radius 2 is 2.05 bits per heavy atom. The van der Waals surface area contributed by atoms with Crippen molar-refractivity contribution < 1.29 is 14.3 Å². The SMILES string of the molecule is CCOC(=O)C1CCN(C(=O)c2ccc(Cl)c(Br)c2)CC1. The molecule has 1 aromatic rings. The fourth-order valence-electron chi connectivity index (χ4n) is 2.39. The largest absolute Gasteiger partial charge is 0.466 e. The van der Waals surface area contributed by atoms with Crippen molar-refractivity contribution in [3.8, 4) is 0 Å². The number of ether oxygens (including phenoxy) is 1. The Labute approximate surface area is 137 Å². The van der Waals surface area contributed by atoms with Crippen LogP contribution in [0.1, 0.15) is 30.1 Å². The Morgan fingerprint density at radius 3 is 2.62 bits per heavy atom. The second-order valence-corrected chi connectivity index (χ2v) is 6.21. The molecule has 1 amide bonds. The third-order valence-electron chi connectivity index (χ3n) is 3.57. The standard InChI is InChI=1S/C15H17BrClNO3/c1-2-21-15(20)10-5-7-18(8-6-10)14(19)11-3-4-13(17)12(16)9-11/h3-4,9-10H,2,5-8H2,1H3. The molecule has 1 saturated heterocycles. The first-order valence-electron chi connectivity index (χ1n) is 6.94. The molecule has 0 N–H and O–H groups in total. The molecule has 0 atom stereocenters. The number of nitrogens with zero attached hydrogens (tertiary/aromatic N) is 1. The van der Waals surface area contributed by atoms with Gasteiger partial charge in [-0.25, -0.2) is 0 Å². The third-order valence-corrected chi connectivity index (χ3v) is 4.78. The van der Waals surface area contributed by atoms with Crippen molar-refractivity contribution in [2.24, 2.45) is 5.92 Å². The van der Waals surface area contributed by atoms with Crippen molar-refractivity contribution in [2.75, 3.05) is 19.7 Å². The summed E-state index contributed by atoms with van der Waals surface area (Å²) in [4.78, 5) is 25.9. The zero-order valence-corrected chi connectivity index (χ0v) is 14.1. The van der Waals surface area contributed by atoms with Gasteiger partial charge in [0.15, 0.2) is 0 Å². The fraction of sp³-hybridized carbons (Fsp3) is 0.467. The van der Waals surface area contributed by atoms with Crippen LogP contribution in [0.5, 0.6) is 0 Å². The molecule has 21 heavy (non-hydrogen) atoms. The Hall–Kier alpha value is -1.07. The smallest absolute Gasteiger partial charge is 0.309 e. The summed E-state index contributed by atoms with van der Waals surface area (Å²) in [5.74, 6) is -0.278. The minimum absolute atomic E-state index is 0.0327. The minimum atomic E-state index is -0.154. The number of carbonyl (C=O) groups is 2. The molecular formula is C15H17BrClNO3. The number of carbonyl (C=O) groups excluding carboxylic acids is 2. The van der Waals surface area contributed by atoms with Gasteiger partial charge >= 0.3 is 5.97 Å². The number of benzene rings is 1. The molecule has 0 aromatic heterocycles. The number of rotatable bonds is 3. The maximum atomic E-state index is 12.4. The molecule has 1 aromatic carbocycles. The van der Waals surface area contributed by atoms with Gasteiger partial charge in [0, 0.05) is 23.1 Å². The van der Waals surface area contributed by atoms with E-state index >= 15 is 0 Å². The van der Waals surface area contributed by atoms with Crippen LogP contribution in [0.15, 0.2) is 22.7 Å². The van der Waals surface area contributed by atoms with Crippen LogP contribution in [0.3, 0.4) is 0 Å². The lowest BCUT2D eigenvalue weighted by Gasteiger charge is -2.31. The lowest BCUT2D eigenvalue weighted by Crippen LogP contribution is -2.40. The summed E-state index contributed by atoms with van der Waals surface area (Å²) < 4.78 is 5.73. The first-order chi connectivity index (χ1) is 10.0. The second-order valence-electron chi connectivity index (χ2n) is 4.95. The Kier molecular flexibility index (Phi) is 5.65. The Morgan fingerprint density at radius 1 is 1.38 bits per heavy atom. The number of amides is 1. The number of piperidine rings is 1. The molecule has 0 aliphatic carbocycles. The Balaban J connectivity index is 1.97. The number of hydrogen-bond donors (Lipinski definition) is 0. The predicted molar refractivity (Wildman–Crippen MR) is 84.4 cm³/mol. The van der Waals surface area contributed by atoms with E-state index in [2.05, 4.69) is 15.9 Å². The molecule has 0 saturated carbocycles. The van der Waals surface area contributed by atoms with Crippen molar-refractivity contribution >= 4 is 39.4 Å². The highest BCUT2D eigenvalue weighted by Gasteiger charge is 2.28. The zero-order valence-electron chi connectivity index (χ0n) is 11.8. The fourth-order valence-corrected chi connectivity index (χ4v) is 2.89. The molecule has 0 bridgehead atoms. The van der Waals surface area contributed by atoms with Gasteiger partial charge in [0.05, 0.1) is 17.5 Å². The van der Waals surface area contributed by atoms with E-state index in [-0.39, 0.29) is 17.8 Å². The average Bonchev–Trinajstić information content (AvgIpc) is 2.50. The summed E-state index contributed by atoms with van der Waals surface area (Å²) in [6, 6.07) is 5.14. The van der Waals surface area contributed by atoms with Crippen LogP contribution in [0, 0.1) is 5.92 Å². The van der Waals surface area contributed by atoms with Gasteiger partial charge in [-0.15, -0.1) is 0 Å². The van der Waals surface area contributed by atoms with Gasteiger partial charge in [-0.1, -0.05) is 11.6 Å². The normalized spacial score (nSPS) is 15.9. The molecule has 1 fully saturated rings. The summed E-state index contributed by atoms with van der Waals surface area (Å²) in [5, 5.41) is 0.576. The first kappa shape index (κ1) is 16.3. The molecule has 0 radical (unpaired) electrons. The quantitative estimate of drug-likeness (QED) is 0.761. The second kappa shape index (κ2) is 7.27. The summed E-state index contributed by atoms with van der Waals surface area (Å²) in [7, 11) is 0. The van der Waals surface area contributed by atoms with Crippen molar-refractivity contribution in [1.29, 1.82) is 0 Å². The highest BCUT2D eigenvalue weighted by Crippen LogP contribution is 2.25. The molecule has 2 rings (SSSR count). The summed E-state index contributed by atoms with van der Waals surface area (Å²) >= 11 is 9.25. The van der Waals surface area contributed by atoms with Crippen LogP contribution in [0.25, 0.3) is 0 Å². The van der Waals surface area contributed by atoms with Gasteiger partial charge in [0.25, 0.3) is 5.91 Å². The number of hydrogen-bond acceptors (Lipinski definition) is 3. The zero-order chi connectivity index (χ0) is 15.4. The summed E-state index contributed by atoms with van der Waals surface area (Å²) in [6.07, 6.45) is 1.30. The van der Waals surface area contributed by atoms with Crippen molar-refractivity contribution in [2.45, 2.75) is 19.8 Å². The van der Waals surface area contributed by atoms with E-state index in [4.69, 9.17) is 16.3 Å². The van der Waals surface area contributed by atoms with Crippen molar-refractivity contribution in [3.05, 3.63) is 33.3 Å². The number of likely N-dealkylation sites (tertiary alicyclic amines) is 1. The van der Waals surface area contributed by atoms with Gasteiger partial charge in [0.1, 0.15) is 0 Å². The van der Waals surface area contributed by atoms with Crippen molar-refractivity contribution in [3.63, 3.8) is 0 Å². The average molecular weight is 375 g/mol. The van der Waals surface area contributed by atoms with Gasteiger partial charge in [-0.05, 0) is 53.9 Å². The molecule has 114 valence electrons. The van der Waals surface area contributed by atoms with Crippen molar-refractivity contribution in [1.82, 2.24) is 4.90 Å². The van der Waals surface area contributed by atoms with E-state index in [0.717, 1.165) is 0 Å². The van der Waals surface area contributed by atoms with Gasteiger partial charge in [-0.2, -0.15) is 0 Å². The predicted octanol–water partition coefficient (Wildman–Crippen LogP) is 3.52. The van der Waals surface area contributed by atoms with Crippen LogP contribution in [-0.4, -0.2) is 36.5 Å². The summed E-state index contributed by atoms with van der Waals surface area (Å²) in [6.45, 7) is 3.34. The van der Waals surface area contributed by atoms with E-state index < -0.39 is 0 Å². The Bertz CT molecular complexity index is 542. The molecule has 4 nitrogen and oxygen atoms in total. The van der Waals surface area contributed by atoms with E-state index in [1.807, 2.05) is 0 Å². The molecule has 1 aliphatic heterocycles. The van der Waals surface area contributed by atoms with Gasteiger partial charge in [-0.3, -0.25) is 9.59 Å². The molecule has 1 heterocycles. The molecule has 0 spiro atoms. The van der Waals surface area contributed by atoms with Gasteiger partial charge < -0.3 is 9.64 Å². The highest BCUT2D eigenvalue weighted by atomic mass is 79.9. The van der Waals surface area contributed by atoms with Crippen LogP contribution in [0.4, 0.5) is 0 Å². The molecule has 6 heteroatoms. The van der Waals surface area contributed by atoms with Crippen LogP contribution in [-0.2, 0) is 9.53 Å². The third kappa shape index (κ3) is 3.98. The maximum Gasteiger partial charge on any atom is 0.309 e. The van der Waals surface area contributed by atoms with Crippen LogP contribution < -0.4 is 0 Å². The monoisotopic (exact) mass is 373 g/mol. The lowest BCUT2D eigenvalue weighted by atomic mass is 9.96. The first-order valence-corrected chi connectivity index (χ1v) is 8.11. The summed E-state index contributed by atoms with van der Waals surface area (Å²) in [5.41, 5.74) is 0.598. The number of esters is 1. The van der Waals surface area contributed by atoms with E-state index in [0.29, 0.717) is 47.6 Å². The lowest BCUT2D eigenvalue weighted by molar-refractivity contribution is -0.149. The molecular weight excluding hydrogens is 358 g/mol. The van der Waals surface area contributed by atoms with Crippen LogP contribution in [0.2, 0.25) is 5.02 Å². The van der Waals surface area contributed by atoms with Gasteiger partial charge in [0.2, 0.25) is 0 Å². The highest BCUT2D eigenvalue weighted by molar-refractivity contribution is 9.10. The van der Waals surface area contributed by atoms with E-state index in [1.54, 1.807) is 30.0 Å². The topological polar surface area (TPSA) is 46.6 Å². The maximum absolute atomic E-state index is 12.4. The van der Waals surface area contributed by atoms with E-state index in [9.17, 15) is 9.59 Å². The molecule has 0 unspecified atom stereocenters. The number of halogens is 2.